The van der Waals surface area contributed by atoms with Crippen LogP contribution in [-0.2, 0) is 16.1 Å². The van der Waals surface area contributed by atoms with Crippen LogP contribution in [0.4, 0.5) is 10.2 Å². The summed E-state index contributed by atoms with van der Waals surface area (Å²) >= 11 is 5.72. The monoisotopic (exact) mass is 508 g/mol. The van der Waals surface area contributed by atoms with Crippen LogP contribution in [0.25, 0.3) is 11.3 Å². The number of anilines is 1. The van der Waals surface area contributed by atoms with E-state index in [1.54, 1.807) is 4.90 Å². The number of likely N-dealkylation sites (tertiary alicyclic amines) is 1. The van der Waals surface area contributed by atoms with Crippen molar-refractivity contribution in [3.63, 3.8) is 0 Å². The minimum absolute atomic E-state index is 0.00742. The Morgan fingerprint density at radius 2 is 2.08 bits per heavy atom. The van der Waals surface area contributed by atoms with Gasteiger partial charge in [-0.2, -0.15) is 10.4 Å². The zero-order valence-corrected chi connectivity index (χ0v) is 19.4. The minimum atomic E-state index is -0.654. The molecule has 2 aliphatic rings. The number of pyridine rings is 1. The molecule has 5 rings (SSSR count). The first-order chi connectivity index (χ1) is 17.3. The van der Waals surface area contributed by atoms with Crippen LogP contribution in [-0.4, -0.2) is 56.8 Å². The Morgan fingerprint density at radius 3 is 2.78 bits per heavy atom. The first-order valence-corrected chi connectivity index (χ1v) is 11.4. The number of morpholine rings is 1. The fraction of sp³-hybridized carbons (Fsp3) is 0.250. The fourth-order valence-electron chi connectivity index (χ4n) is 4.28. The summed E-state index contributed by atoms with van der Waals surface area (Å²) in [7, 11) is 0. The minimum Gasteiger partial charge on any atom is -0.374 e. The highest BCUT2D eigenvalue weighted by molar-refractivity contribution is 6.30. The van der Waals surface area contributed by atoms with Crippen LogP contribution < -0.4 is 10.9 Å². The number of nitrogens with zero attached hydrogens (tertiary/aromatic N) is 5. The molecule has 2 aliphatic heterocycles. The molecule has 2 bridgehead atoms. The Hall–Kier alpha value is -4.14. The summed E-state index contributed by atoms with van der Waals surface area (Å²) in [5.74, 6) is -1.58. The molecule has 36 heavy (non-hydrogen) atoms. The van der Waals surface area contributed by atoms with Crippen molar-refractivity contribution < 1.29 is 18.7 Å². The maximum atomic E-state index is 13.8. The molecule has 0 radical (unpaired) electrons. The Labute approximate surface area is 208 Å². The van der Waals surface area contributed by atoms with Gasteiger partial charge in [0.1, 0.15) is 29.9 Å². The first-order valence-electron chi connectivity index (χ1n) is 11.0. The number of hydrogen-bond donors (Lipinski definition) is 1. The van der Waals surface area contributed by atoms with Crippen LogP contribution >= 0.6 is 11.6 Å². The highest BCUT2D eigenvalue weighted by Crippen LogP contribution is 2.29. The van der Waals surface area contributed by atoms with Gasteiger partial charge in [-0.3, -0.25) is 14.4 Å². The maximum absolute atomic E-state index is 13.8. The molecule has 2 fully saturated rings. The number of amides is 2. The fourth-order valence-corrected chi connectivity index (χ4v) is 4.40. The molecule has 182 valence electrons. The molecule has 2 saturated heterocycles. The lowest BCUT2D eigenvalue weighted by molar-refractivity contribution is -0.117. The second kappa shape index (κ2) is 9.49. The smallest absolute Gasteiger partial charge is 0.267 e. The van der Waals surface area contributed by atoms with Crippen LogP contribution in [0.15, 0.2) is 47.3 Å². The average Bonchev–Trinajstić information content (AvgIpc) is 3.50. The number of nitrogens with one attached hydrogen (secondary N) is 1. The normalized spacial score (nSPS) is 18.2. The summed E-state index contributed by atoms with van der Waals surface area (Å²) in [5, 5.41) is 16.0. The Morgan fingerprint density at radius 1 is 1.25 bits per heavy atom. The molecule has 2 aromatic heterocycles. The van der Waals surface area contributed by atoms with E-state index in [2.05, 4.69) is 15.4 Å². The number of ether oxygens (including phenoxy) is 1. The van der Waals surface area contributed by atoms with Gasteiger partial charge in [0.2, 0.25) is 5.91 Å². The molecule has 3 aromatic rings. The van der Waals surface area contributed by atoms with Gasteiger partial charge in [-0.1, -0.05) is 17.7 Å². The molecule has 1 aromatic carbocycles. The SMILES string of the molecule is N#Cc1cc(C(=O)N2C[C@H]3C[C@@H]2CO3)cc(NC(=O)Cn2nc(-c3ccc(Cl)c(F)c3)ccc2=O)n1. The molecular weight excluding hydrogens is 491 g/mol. The molecule has 10 nitrogen and oxygen atoms in total. The summed E-state index contributed by atoms with van der Waals surface area (Å²) in [4.78, 5) is 43.7. The average molecular weight is 509 g/mol. The van der Waals surface area contributed by atoms with Crippen LogP contribution in [0, 0.1) is 17.1 Å². The molecule has 12 heteroatoms. The van der Waals surface area contributed by atoms with Crippen molar-refractivity contribution in [1.82, 2.24) is 19.7 Å². The van der Waals surface area contributed by atoms with Crippen molar-refractivity contribution in [3.05, 3.63) is 74.9 Å². The van der Waals surface area contributed by atoms with Crippen molar-refractivity contribution >= 4 is 29.2 Å². The highest BCUT2D eigenvalue weighted by Gasteiger charge is 2.41. The van der Waals surface area contributed by atoms with E-state index in [-0.39, 0.29) is 45.8 Å². The molecule has 0 unspecified atom stereocenters. The number of fused-ring (bicyclic) bond motifs is 2. The van der Waals surface area contributed by atoms with Crippen LogP contribution in [0.2, 0.25) is 5.02 Å². The number of carbonyl (C=O) groups is 2. The number of nitriles is 1. The van der Waals surface area contributed by atoms with E-state index >= 15 is 0 Å². The Balaban J connectivity index is 1.34. The first kappa shape index (κ1) is 23.6. The van der Waals surface area contributed by atoms with Crippen molar-refractivity contribution in [2.75, 3.05) is 18.5 Å². The zero-order chi connectivity index (χ0) is 25.4. The summed E-state index contributed by atoms with van der Waals surface area (Å²) in [6.45, 7) is 0.467. The third-order valence-corrected chi connectivity index (χ3v) is 6.30. The number of halogens is 2. The summed E-state index contributed by atoms with van der Waals surface area (Å²) in [5.41, 5.74) is 0.257. The zero-order valence-electron chi connectivity index (χ0n) is 18.6. The summed E-state index contributed by atoms with van der Waals surface area (Å²) in [6, 6.07) is 11.3. The maximum Gasteiger partial charge on any atom is 0.267 e. The van der Waals surface area contributed by atoms with E-state index in [9.17, 15) is 24.0 Å². The van der Waals surface area contributed by atoms with E-state index in [1.165, 1.54) is 42.5 Å². The summed E-state index contributed by atoms with van der Waals surface area (Å²) < 4.78 is 20.3. The molecule has 1 N–H and O–H groups in total. The Bertz CT molecular complexity index is 1490. The third-order valence-electron chi connectivity index (χ3n) is 5.99. The molecule has 4 heterocycles. The Kier molecular flexibility index (Phi) is 6.22. The predicted octanol–water partition coefficient (Wildman–Crippen LogP) is 2.22. The topological polar surface area (TPSA) is 130 Å². The lowest BCUT2D eigenvalue weighted by Gasteiger charge is -2.27. The predicted molar refractivity (Wildman–Crippen MR) is 126 cm³/mol. The quantitative estimate of drug-likeness (QED) is 0.559. The van der Waals surface area contributed by atoms with E-state index in [1.807, 2.05) is 6.07 Å². The number of benzene rings is 1. The van der Waals surface area contributed by atoms with Crippen LogP contribution in [0.3, 0.4) is 0 Å². The van der Waals surface area contributed by atoms with Crippen molar-refractivity contribution in [2.45, 2.75) is 25.1 Å². The van der Waals surface area contributed by atoms with E-state index in [0.717, 1.165) is 11.1 Å². The van der Waals surface area contributed by atoms with Gasteiger partial charge >= 0.3 is 0 Å². The second-order valence-corrected chi connectivity index (χ2v) is 8.84. The molecule has 0 saturated carbocycles. The number of rotatable bonds is 5. The van der Waals surface area contributed by atoms with Gasteiger partial charge in [-0.25, -0.2) is 14.1 Å². The van der Waals surface area contributed by atoms with E-state index in [4.69, 9.17) is 16.3 Å². The van der Waals surface area contributed by atoms with Gasteiger partial charge in [-0.05, 0) is 36.8 Å². The van der Waals surface area contributed by atoms with Crippen LogP contribution in [0.5, 0.6) is 0 Å². The number of aromatic nitrogens is 3. The molecule has 2 amide bonds. The largest absolute Gasteiger partial charge is 0.374 e. The highest BCUT2D eigenvalue weighted by atomic mass is 35.5. The second-order valence-electron chi connectivity index (χ2n) is 8.43. The van der Waals surface area contributed by atoms with E-state index < -0.39 is 23.8 Å². The lowest BCUT2D eigenvalue weighted by Crippen LogP contribution is -2.41. The van der Waals surface area contributed by atoms with Crippen molar-refractivity contribution in [1.29, 1.82) is 5.26 Å². The van der Waals surface area contributed by atoms with Crippen LogP contribution in [0.1, 0.15) is 22.5 Å². The number of hydrogen-bond acceptors (Lipinski definition) is 7. The number of carbonyl (C=O) groups excluding carboxylic acids is 2. The van der Waals surface area contributed by atoms with Gasteiger partial charge in [-0.15, -0.1) is 0 Å². The van der Waals surface area contributed by atoms with Gasteiger partial charge in [0.05, 0.1) is 29.5 Å². The molecule has 0 spiro atoms. The van der Waals surface area contributed by atoms with Gasteiger partial charge in [0, 0.05) is 23.7 Å². The van der Waals surface area contributed by atoms with Gasteiger partial charge in [0.15, 0.2) is 0 Å². The lowest BCUT2D eigenvalue weighted by atomic mass is 10.1. The molecule has 2 atom stereocenters. The van der Waals surface area contributed by atoms with Gasteiger partial charge in [0.25, 0.3) is 11.5 Å². The standard InChI is InChI=1S/C24H18ClFN6O4/c25-18-2-1-13(6-19(18)26)20-3-4-23(34)32(30-20)11-22(33)29-21-7-14(5-15(9-27)28-21)24(35)31-10-17-8-16(31)12-36-17/h1-7,16-17H,8,10-12H2,(H,28,29,33)/t16-,17-/m1/s1. The van der Waals surface area contributed by atoms with E-state index in [0.29, 0.717) is 18.7 Å². The van der Waals surface area contributed by atoms with Crippen molar-refractivity contribution in [3.8, 4) is 17.3 Å². The molecule has 0 aliphatic carbocycles. The van der Waals surface area contributed by atoms with Gasteiger partial charge < -0.3 is 15.0 Å². The third kappa shape index (κ3) is 4.68. The molecular formula is C24H18ClFN6O4. The van der Waals surface area contributed by atoms with Crippen molar-refractivity contribution in [2.24, 2.45) is 0 Å². The summed E-state index contributed by atoms with van der Waals surface area (Å²) in [6.07, 6.45) is 0.788.